The van der Waals surface area contributed by atoms with Crippen LogP contribution in [0, 0.1) is 0 Å². The third kappa shape index (κ3) is 4.32. The fourth-order valence-corrected chi connectivity index (χ4v) is 2.26. The van der Waals surface area contributed by atoms with Gasteiger partial charge in [0.05, 0.1) is 18.4 Å². The van der Waals surface area contributed by atoms with Crippen LogP contribution in [0.2, 0.25) is 0 Å². The molecule has 0 fully saturated rings. The van der Waals surface area contributed by atoms with Crippen molar-refractivity contribution in [3.8, 4) is 5.75 Å². The fourth-order valence-electron chi connectivity index (χ4n) is 2.26. The molecule has 0 unspecified atom stereocenters. The Morgan fingerprint density at radius 2 is 1.68 bits per heavy atom. The summed E-state index contributed by atoms with van der Waals surface area (Å²) in [5.74, 6) is 0.773. The number of amides is 1. The monoisotopic (exact) mass is 334 g/mol. The molecular formula is C19H18N4O2. The topological polar surface area (TPSA) is 76.1 Å². The smallest absolute Gasteiger partial charge is 0.258 e. The number of hydrogen-bond acceptors (Lipinski definition) is 5. The summed E-state index contributed by atoms with van der Waals surface area (Å²) in [5.41, 5.74) is 2.10. The second-order valence-electron chi connectivity index (χ2n) is 5.29. The van der Waals surface area contributed by atoms with Crippen LogP contribution in [0.15, 0.2) is 67.0 Å². The first-order chi connectivity index (χ1) is 12.3. The molecule has 0 bridgehead atoms. The van der Waals surface area contributed by atoms with E-state index in [1.54, 1.807) is 19.2 Å². The van der Waals surface area contributed by atoms with Crippen molar-refractivity contribution in [2.24, 2.45) is 0 Å². The highest BCUT2D eigenvalue weighted by atomic mass is 16.5. The number of ether oxygens (including phenoxy) is 1. The molecule has 126 valence electrons. The molecule has 0 spiro atoms. The van der Waals surface area contributed by atoms with E-state index in [0.29, 0.717) is 29.5 Å². The van der Waals surface area contributed by atoms with Crippen molar-refractivity contribution in [1.29, 1.82) is 0 Å². The van der Waals surface area contributed by atoms with Gasteiger partial charge in [0.25, 0.3) is 5.91 Å². The molecule has 0 aliphatic heterocycles. The maximum atomic E-state index is 12.3. The normalized spacial score (nSPS) is 10.1. The molecule has 6 nitrogen and oxygen atoms in total. The number of rotatable bonds is 6. The van der Waals surface area contributed by atoms with E-state index in [9.17, 15) is 4.79 Å². The van der Waals surface area contributed by atoms with Crippen molar-refractivity contribution in [3.05, 3.63) is 78.1 Å². The Bertz CT molecular complexity index is 836. The average molecular weight is 334 g/mol. The first kappa shape index (κ1) is 16.4. The molecule has 0 atom stereocenters. The summed E-state index contributed by atoms with van der Waals surface area (Å²) in [7, 11) is 1.56. The van der Waals surface area contributed by atoms with Gasteiger partial charge in [0, 0.05) is 18.9 Å². The summed E-state index contributed by atoms with van der Waals surface area (Å²) >= 11 is 0. The minimum Gasteiger partial charge on any atom is -0.495 e. The van der Waals surface area contributed by atoms with Gasteiger partial charge < -0.3 is 15.4 Å². The van der Waals surface area contributed by atoms with Gasteiger partial charge >= 0.3 is 0 Å². The maximum Gasteiger partial charge on any atom is 0.258 e. The van der Waals surface area contributed by atoms with E-state index in [1.165, 1.54) is 12.4 Å². The minimum atomic E-state index is -0.292. The lowest BCUT2D eigenvalue weighted by Crippen LogP contribution is -2.14. The first-order valence-corrected chi connectivity index (χ1v) is 7.80. The molecule has 6 heteroatoms. The Labute approximate surface area is 145 Å². The zero-order valence-corrected chi connectivity index (χ0v) is 13.8. The van der Waals surface area contributed by atoms with E-state index in [-0.39, 0.29) is 5.91 Å². The molecule has 0 aliphatic rings. The van der Waals surface area contributed by atoms with Crippen molar-refractivity contribution in [3.63, 3.8) is 0 Å². The number of nitrogens with one attached hydrogen (secondary N) is 2. The van der Waals surface area contributed by atoms with Gasteiger partial charge in [-0.15, -0.1) is 0 Å². The van der Waals surface area contributed by atoms with Crippen LogP contribution in [-0.4, -0.2) is 23.0 Å². The number of nitrogens with zero attached hydrogens (tertiary/aromatic N) is 2. The third-order valence-corrected chi connectivity index (χ3v) is 3.56. The lowest BCUT2D eigenvalue weighted by Gasteiger charge is -2.10. The van der Waals surface area contributed by atoms with E-state index in [2.05, 4.69) is 20.6 Å². The second-order valence-corrected chi connectivity index (χ2v) is 5.29. The molecule has 0 saturated carbocycles. The van der Waals surface area contributed by atoms with Crippen molar-refractivity contribution in [2.75, 3.05) is 17.7 Å². The number of aromatic nitrogens is 2. The van der Waals surface area contributed by atoms with Gasteiger partial charge in [-0.25, -0.2) is 9.97 Å². The Hall–Kier alpha value is -3.41. The quantitative estimate of drug-likeness (QED) is 0.723. The summed E-state index contributed by atoms with van der Waals surface area (Å²) in [6, 6.07) is 17.2. The van der Waals surface area contributed by atoms with Crippen molar-refractivity contribution in [1.82, 2.24) is 9.97 Å². The predicted octanol–water partition coefficient (Wildman–Crippen LogP) is 3.35. The second kappa shape index (κ2) is 7.92. The third-order valence-electron chi connectivity index (χ3n) is 3.56. The molecule has 1 aromatic heterocycles. The SMILES string of the molecule is COc1ccccc1NC(=O)c1cnc(NCc2ccccc2)nc1. The summed E-state index contributed by atoms with van der Waals surface area (Å²) in [6.45, 7) is 0.619. The molecule has 1 heterocycles. The predicted molar refractivity (Wildman–Crippen MR) is 96.7 cm³/mol. The summed E-state index contributed by atoms with van der Waals surface area (Å²) < 4.78 is 5.22. The van der Waals surface area contributed by atoms with Gasteiger partial charge in [-0.2, -0.15) is 0 Å². The van der Waals surface area contributed by atoms with E-state index in [0.717, 1.165) is 5.56 Å². The van der Waals surface area contributed by atoms with Crippen LogP contribution >= 0.6 is 0 Å². The molecule has 1 amide bonds. The number of benzene rings is 2. The Balaban J connectivity index is 1.62. The number of carbonyl (C=O) groups excluding carboxylic acids is 1. The lowest BCUT2D eigenvalue weighted by molar-refractivity contribution is 0.102. The summed E-state index contributed by atoms with van der Waals surface area (Å²) in [6.07, 6.45) is 2.98. The summed E-state index contributed by atoms with van der Waals surface area (Å²) in [4.78, 5) is 20.7. The van der Waals surface area contributed by atoms with E-state index < -0.39 is 0 Å². The molecule has 0 saturated heterocycles. The lowest BCUT2D eigenvalue weighted by atomic mass is 10.2. The molecule has 0 aliphatic carbocycles. The highest BCUT2D eigenvalue weighted by Gasteiger charge is 2.10. The molecular weight excluding hydrogens is 316 g/mol. The van der Waals surface area contributed by atoms with Crippen LogP contribution in [-0.2, 0) is 6.54 Å². The molecule has 0 radical (unpaired) electrons. The van der Waals surface area contributed by atoms with Crippen LogP contribution in [0.4, 0.5) is 11.6 Å². The molecule has 3 rings (SSSR count). The molecule has 2 aromatic carbocycles. The van der Waals surface area contributed by atoms with Gasteiger partial charge in [-0.05, 0) is 17.7 Å². The van der Waals surface area contributed by atoms with Crippen LogP contribution in [0.1, 0.15) is 15.9 Å². The average Bonchev–Trinajstić information content (AvgIpc) is 2.68. The van der Waals surface area contributed by atoms with Crippen LogP contribution in [0.25, 0.3) is 0 Å². The highest BCUT2D eigenvalue weighted by molar-refractivity contribution is 6.04. The number of methoxy groups -OCH3 is 1. The number of hydrogen-bond donors (Lipinski definition) is 2. The van der Waals surface area contributed by atoms with Crippen LogP contribution < -0.4 is 15.4 Å². The Morgan fingerprint density at radius 1 is 1.00 bits per heavy atom. The highest BCUT2D eigenvalue weighted by Crippen LogP contribution is 2.23. The zero-order chi connectivity index (χ0) is 17.5. The van der Waals surface area contributed by atoms with Crippen molar-refractivity contribution in [2.45, 2.75) is 6.54 Å². The van der Waals surface area contributed by atoms with Gasteiger partial charge in [0.15, 0.2) is 0 Å². The van der Waals surface area contributed by atoms with Crippen LogP contribution in [0.5, 0.6) is 5.75 Å². The van der Waals surface area contributed by atoms with E-state index >= 15 is 0 Å². The Morgan fingerprint density at radius 3 is 2.40 bits per heavy atom. The number of carbonyl (C=O) groups is 1. The van der Waals surface area contributed by atoms with Crippen LogP contribution in [0.3, 0.4) is 0 Å². The van der Waals surface area contributed by atoms with Gasteiger partial charge in [0.1, 0.15) is 5.75 Å². The number of para-hydroxylation sites is 2. The fraction of sp³-hybridized carbons (Fsp3) is 0.105. The van der Waals surface area contributed by atoms with E-state index in [1.807, 2.05) is 42.5 Å². The first-order valence-electron chi connectivity index (χ1n) is 7.80. The number of anilines is 2. The van der Waals surface area contributed by atoms with Crippen molar-refractivity contribution >= 4 is 17.5 Å². The molecule has 25 heavy (non-hydrogen) atoms. The van der Waals surface area contributed by atoms with E-state index in [4.69, 9.17) is 4.74 Å². The van der Waals surface area contributed by atoms with Gasteiger partial charge in [-0.1, -0.05) is 42.5 Å². The standard InChI is InChI=1S/C19H18N4O2/c1-25-17-10-6-5-9-16(17)23-18(24)15-12-21-19(22-13-15)20-11-14-7-3-2-4-8-14/h2-10,12-13H,11H2,1H3,(H,23,24)(H,20,21,22). The van der Waals surface area contributed by atoms with Gasteiger partial charge in [0.2, 0.25) is 5.95 Å². The minimum absolute atomic E-state index is 0.292. The maximum absolute atomic E-state index is 12.3. The van der Waals surface area contributed by atoms with Crippen molar-refractivity contribution < 1.29 is 9.53 Å². The molecule has 2 N–H and O–H groups in total. The molecule has 3 aromatic rings. The largest absolute Gasteiger partial charge is 0.495 e. The van der Waals surface area contributed by atoms with Gasteiger partial charge in [-0.3, -0.25) is 4.79 Å². The Kier molecular flexibility index (Phi) is 5.21. The zero-order valence-electron chi connectivity index (χ0n) is 13.8. The summed E-state index contributed by atoms with van der Waals surface area (Å²) in [5, 5.41) is 5.91.